The normalized spacial score (nSPS) is 16.0. The van der Waals surface area contributed by atoms with E-state index in [9.17, 15) is 18.0 Å². The van der Waals surface area contributed by atoms with E-state index in [-0.39, 0.29) is 11.3 Å². The molecule has 0 aliphatic heterocycles. The minimum Gasteiger partial charge on any atom is -0.484 e. The molecule has 0 N–H and O–H groups in total. The fourth-order valence-corrected chi connectivity index (χ4v) is 3.07. The van der Waals surface area contributed by atoms with Gasteiger partial charge in [-0.15, -0.1) is 13.2 Å². The van der Waals surface area contributed by atoms with Crippen LogP contribution in [0.15, 0.2) is 48.5 Å². The number of halogens is 3. The number of alkyl halides is 3. The first kappa shape index (κ1) is 19.1. The zero-order valence-electron chi connectivity index (χ0n) is 14.7. The van der Waals surface area contributed by atoms with Crippen molar-refractivity contribution in [3.05, 3.63) is 54.1 Å². The molecule has 0 bridgehead atoms. The lowest BCUT2D eigenvalue weighted by Gasteiger charge is -2.27. The Morgan fingerprint density at radius 1 is 1.00 bits per heavy atom. The van der Waals surface area contributed by atoms with E-state index in [1.165, 1.54) is 12.1 Å². The minimum atomic E-state index is -4.86. The van der Waals surface area contributed by atoms with Gasteiger partial charge in [-0.1, -0.05) is 18.2 Å². The summed E-state index contributed by atoms with van der Waals surface area (Å²) >= 11 is 0. The number of esters is 1. The molecule has 1 aliphatic rings. The van der Waals surface area contributed by atoms with Crippen LogP contribution in [0.1, 0.15) is 43.0 Å². The van der Waals surface area contributed by atoms with Gasteiger partial charge in [0.1, 0.15) is 11.4 Å². The molecule has 2 aromatic carbocycles. The molecule has 144 valence electrons. The van der Waals surface area contributed by atoms with Crippen LogP contribution in [0.3, 0.4) is 0 Å². The predicted octanol–water partition coefficient (Wildman–Crippen LogP) is 5.52. The molecule has 4 nitrogen and oxygen atoms in total. The second kappa shape index (κ2) is 7.50. The highest BCUT2D eigenvalue weighted by Gasteiger charge is 2.36. The first-order chi connectivity index (χ1) is 12.7. The molecule has 1 aliphatic carbocycles. The number of rotatable bonds is 5. The monoisotopic (exact) mass is 380 g/mol. The van der Waals surface area contributed by atoms with Gasteiger partial charge >= 0.3 is 12.3 Å². The standard InChI is InChI=1S/C20H19F3O4/c1-19(11-5-6-12-19)26-17-13-14(9-10-16(17)27-20(21,22)23)18(24)25-15-7-3-2-4-8-15/h2-4,7-10,13H,5-6,11-12H2,1H3. The van der Waals surface area contributed by atoms with Crippen LogP contribution >= 0.6 is 0 Å². The lowest BCUT2D eigenvalue weighted by atomic mass is 10.1. The molecule has 0 heterocycles. The van der Waals surface area contributed by atoms with Gasteiger partial charge in [-0.2, -0.15) is 0 Å². The average Bonchev–Trinajstić information content (AvgIpc) is 3.02. The topological polar surface area (TPSA) is 44.8 Å². The van der Waals surface area contributed by atoms with Crippen molar-refractivity contribution >= 4 is 5.97 Å². The van der Waals surface area contributed by atoms with Crippen LogP contribution in [-0.2, 0) is 0 Å². The maximum atomic E-state index is 12.7. The van der Waals surface area contributed by atoms with E-state index in [2.05, 4.69) is 4.74 Å². The first-order valence-electron chi connectivity index (χ1n) is 8.60. The number of carbonyl (C=O) groups excluding carboxylic acids is 1. The van der Waals surface area contributed by atoms with E-state index >= 15 is 0 Å². The van der Waals surface area contributed by atoms with Gasteiger partial charge in [-0.25, -0.2) is 4.79 Å². The van der Waals surface area contributed by atoms with Crippen molar-refractivity contribution in [2.24, 2.45) is 0 Å². The average molecular weight is 380 g/mol. The highest BCUT2D eigenvalue weighted by atomic mass is 19.4. The summed E-state index contributed by atoms with van der Waals surface area (Å²) < 4.78 is 53.3. The number of hydrogen-bond donors (Lipinski definition) is 0. The molecule has 0 amide bonds. The Kier molecular flexibility index (Phi) is 5.30. The molecule has 1 saturated carbocycles. The van der Waals surface area contributed by atoms with Gasteiger partial charge in [0.2, 0.25) is 0 Å². The van der Waals surface area contributed by atoms with Gasteiger partial charge in [-0.05, 0) is 62.9 Å². The Morgan fingerprint density at radius 2 is 1.67 bits per heavy atom. The SMILES string of the molecule is CC1(Oc2cc(C(=O)Oc3ccccc3)ccc2OC(F)(F)F)CCCC1. The Morgan fingerprint density at radius 3 is 2.30 bits per heavy atom. The summed E-state index contributed by atoms with van der Waals surface area (Å²) in [7, 11) is 0. The molecule has 0 unspecified atom stereocenters. The van der Waals surface area contributed by atoms with Crippen molar-refractivity contribution in [3.63, 3.8) is 0 Å². The molecule has 7 heteroatoms. The third-order valence-electron chi connectivity index (χ3n) is 4.38. The highest BCUT2D eigenvalue weighted by Crippen LogP contribution is 2.40. The van der Waals surface area contributed by atoms with Crippen molar-refractivity contribution in [2.45, 2.75) is 44.6 Å². The Balaban J connectivity index is 1.87. The first-order valence-corrected chi connectivity index (χ1v) is 8.60. The Bertz CT molecular complexity index is 797. The Labute approximate surface area is 154 Å². The van der Waals surface area contributed by atoms with Gasteiger partial charge in [0.15, 0.2) is 11.5 Å². The molecule has 2 aromatic rings. The van der Waals surface area contributed by atoms with Crippen LogP contribution in [0.5, 0.6) is 17.2 Å². The van der Waals surface area contributed by atoms with Crippen molar-refractivity contribution in [1.29, 1.82) is 0 Å². The van der Waals surface area contributed by atoms with Crippen LogP contribution in [0, 0.1) is 0 Å². The molecule has 27 heavy (non-hydrogen) atoms. The van der Waals surface area contributed by atoms with Crippen molar-refractivity contribution < 1.29 is 32.2 Å². The third-order valence-corrected chi connectivity index (χ3v) is 4.38. The van der Waals surface area contributed by atoms with Gasteiger partial charge < -0.3 is 14.2 Å². The largest absolute Gasteiger partial charge is 0.573 e. The predicted molar refractivity (Wildman–Crippen MR) is 92.0 cm³/mol. The fourth-order valence-electron chi connectivity index (χ4n) is 3.07. The van der Waals surface area contributed by atoms with Gasteiger partial charge in [-0.3, -0.25) is 0 Å². The fraction of sp³-hybridized carbons (Fsp3) is 0.350. The lowest BCUT2D eigenvalue weighted by Crippen LogP contribution is -2.29. The summed E-state index contributed by atoms with van der Waals surface area (Å²) in [6, 6.07) is 11.9. The summed E-state index contributed by atoms with van der Waals surface area (Å²) in [5.41, 5.74) is -0.518. The van der Waals surface area contributed by atoms with Crippen LogP contribution in [-0.4, -0.2) is 17.9 Å². The van der Waals surface area contributed by atoms with Gasteiger partial charge in [0, 0.05) is 0 Å². The van der Waals surface area contributed by atoms with E-state index in [1.54, 1.807) is 30.3 Å². The maximum absolute atomic E-state index is 12.7. The van der Waals surface area contributed by atoms with E-state index < -0.39 is 23.7 Å². The zero-order chi connectivity index (χ0) is 19.5. The molecule has 1 fully saturated rings. The van der Waals surface area contributed by atoms with Crippen molar-refractivity contribution in [2.75, 3.05) is 0 Å². The molecule has 0 saturated heterocycles. The number of carbonyl (C=O) groups is 1. The molecular weight excluding hydrogens is 361 g/mol. The van der Waals surface area contributed by atoms with Crippen molar-refractivity contribution in [3.8, 4) is 17.2 Å². The summed E-state index contributed by atoms with van der Waals surface area (Å²) in [4.78, 5) is 12.3. The van der Waals surface area contributed by atoms with Crippen LogP contribution in [0.2, 0.25) is 0 Å². The van der Waals surface area contributed by atoms with E-state index in [0.29, 0.717) is 5.75 Å². The maximum Gasteiger partial charge on any atom is 0.573 e. The second-order valence-corrected chi connectivity index (χ2v) is 6.67. The highest BCUT2D eigenvalue weighted by molar-refractivity contribution is 5.91. The van der Waals surface area contributed by atoms with Crippen LogP contribution in [0.4, 0.5) is 13.2 Å². The number of para-hydroxylation sites is 1. The molecule has 0 atom stereocenters. The molecule has 0 radical (unpaired) electrons. The summed E-state index contributed by atoms with van der Waals surface area (Å²) in [5.74, 6) is -0.962. The van der Waals surface area contributed by atoms with E-state index in [0.717, 1.165) is 31.7 Å². The molecule has 0 spiro atoms. The minimum absolute atomic E-state index is 0.0741. The molecule has 0 aromatic heterocycles. The summed E-state index contributed by atoms with van der Waals surface area (Å²) in [6.07, 6.45) is -1.56. The smallest absolute Gasteiger partial charge is 0.484 e. The lowest BCUT2D eigenvalue weighted by molar-refractivity contribution is -0.275. The molecule has 3 rings (SSSR count). The van der Waals surface area contributed by atoms with E-state index in [4.69, 9.17) is 9.47 Å². The van der Waals surface area contributed by atoms with Gasteiger partial charge in [0.25, 0.3) is 0 Å². The Hall–Kier alpha value is -2.70. The number of hydrogen-bond acceptors (Lipinski definition) is 4. The zero-order valence-corrected chi connectivity index (χ0v) is 14.7. The summed E-state index contributed by atoms with van der Waals surface area (Å²) in [5, 5.41) is 0. The van der Waals surface area contributed by atoms with Crippen LogP contribution in [0.25, 0.3) is 0 Å². The van der Waals surface area contributed by atoms with E-state index in [1.807, 2.05) is 6.92 Å². The number of ether oxygens (including phenoxy) is 3. The quantitative estimate of drug-likeness (QED) is 0.506. The third kappa shape index (κ3) is 5.15. The summed E-state index contributed by atoms with van der Waals surface area (Å²) in [6.45, 7) is 1.84. The second-order valence-electron chi connectivity index (χ2n) is 6.67. The molecular formula is C20H19F3O4. The van der Waals surface area contributed by atoms with Crippen molar-refractivity contribution in [1.82, 2.24) is 0 Å². The van der Waals surface area contributed by atoms with Gasteiger partial charge in [0.05, 0.1) is 5.56 Å². The number of benzene rings is 2. The van der Waals surface area contributed by atoms with Crippen LogP contribution < -0.4 is 14.2 Å².